The molecule has 0 aromatic heterocycles. The second kappa shape index (κ2) is 10.3. The average molecular weight is 466 g/mol. The smallest absolute Gasteiger partial charge is 0.304 e. The summed E-state index contributed by atoms with van der Waals surface area (Å²) in [6.07, 6.45) is 4.99. The molecule has 34 heavy (non-hydrogen) atoms. The zero-order valence-electron chi connectivity index (χ0n) is 20.0. The number of benzene rings is 2. The van der Waals surface area contributed by atoms with E-state index >= 15 is 0 Å². The molecule has 6 nitrogen and oxygen atoms in total. The number of fused-ring (bicyclic) bond motifs is 1. The highest BCUT2D eigenvalue weighted by Crippen LogP contribution is 2.43. The lowest BCUT2D eigenvalue weighted by Gasteiger charge is -2.32. The number of hydrogen-bond donors (Lipinski definition) is 1. The van der Waals surface area contributed by atoms with E-state index in [2.05, 4.69) is 23.1 Å². The Bertz CT molecular complexity index is 1010. The fourth-order valence-corrected chi connectivity index (χ4v) is 5.26. The summed E-state index contributed by atoms with van der Waals surface area (Å²) in [5, 5.41) is 9.07. The predicted molar refractivity (Wildman–Crippen MR) is 130 cm³/mol. The van der Waals surface area contributed by atoms with Crippen molar-refractivity contribution in [3.8, 4) is 17.2 Å². The minimum atomic E-state index is -0.793. The van der Waals surface area contributed by atoms with Crippen molar-refractivity contribution in [2.24, 2.45) is 5.92 Å². The number of carboxylic acids is 1. The average Bonchev–Trinajstić information content (AvgIpc) is 3.60. The Morgan fingerprint density at radius 2 is 1.76 bits per heavy atom. The minimum absolute atomic E-state index is 0.0689. The summed E-state index contributed by atoms with van der Waals surface area (Å²) in [4.78, 5) is 13.6. The van der Waals surface area contributed by atoms with E-state index in [1.807, 2.05) is 25.1 Å². The fourth-order valence-electron chi connectivity index (χ4n) is 5.26. The second-order valence-electron chi connectivity index (χ2n) is 9.90. The number of nitrogens with zero attached hydrogens (tertiary/aromatic N) is 1. The van der Waals surface area contributed by atoms with Crippen molar-refractivity contribution in [2.45, 2.75) is 57.4 Å². The van der Waals surface area contributed by atoms with Gasteiger partial charge in [-0.1, -0.05) is 12.1 Å². The zero-order chi connectivity index (χ0) is 23.5. The van der Waals surface area contributed by atoms with Gasteiger partial charge in [0.1, 0.15) is 17.2 Å². The highest BCUT2D eigenvalue weighted by atomic mass is 16.5. The van der Waals surface area contributed by atoms with Crippen LogP contribution < -0.4 is 14.2 Å². The number of hydrogen-bond acceptors (Lipinski definition) is 5. The van der Waals surface area contributed by atoms with Crippen molar-refractivity contribution in [3.05, 3.63) is 53.1 Å². The van der Waals surface area contributed by atoms with Crippen LogP contribution in [-0.2, 0) is 11.3 Å². The first-order chi connectivity index (χ1) is 16.6. The van der Waals surface area contributed by atoms with Crippen molar-refractivity contribution in [3.63, 3.8) is 0 Å². The van der Waals surface area contributed by atoms with Crippen LogP contribution in [0.25, 0.3) is 0 Å². The molecule has 2 fully saturated rings. The molecule has 1 aliphatic carbocycles. The molecular formula is C28H35NO5. The molecule has 1 atom stereocenters. The van der Waals surface area contributed by atoms with Crippen LogP contribution >= 0.6 is 0 Å². The molecule has 1 unspecified atom stereocenters. The first-order valence-corrected chi connectivity index (χ1v) is 12.7. The van der Waals surface area contributed by atoms with Gasteiger partial charge in [-0.15, -0.1) is 0 Å². The molecule has 0 amide bonds. The van der Waals surface area contributed by atoms with E-state index in [1.165, 1.54) is 24.0 Å². The van der Waals surface area contributed by atoms with Crippen LogP contribution in [0.15, 0.2) is 36.4 Å². The van der Waals surface area contributed by atoms with Crippen LogP contribution in [0.2, 0.25) is 0 Å². The first kappa shape index (κ1) is 23.0. The van der Waals surface area contributed by atoms with E-state index in [4.69, 9.17) is 19.3 Å². The Labute approximate surface area is 201 Å². The summed E-state index contributed by atoms with van der Waals surface area (Å²) in [5.74, 6) is 2.98. The summed E-state index contributed by atoms with van der Waals surface area (Å²) in [6, 6.07) is 12.5. The third-order valence-electron chi connectivity index (χ3n) is 7.32. The van der Waals surface area contributed by atoms with Crippen molar-refractivity contribution in [2.75, 3.05) is 32.9 Å². The van der Waals surface area contributed by atoms with E-state index in [-0.39, 0.29) is 12.3 Å². The number of aliphatic carboxylic acids is 1. The number of carbonyl (C=O) groups is 1. The molecule has 0 bridgehead atoms. The van der Waals surface area contributed by atoms with E-state index < -0.39 is 5.97 Å². The number of rotatable bonds is 10. The van der Waals surface area contributed by atoms with Crippen LogP contribution in [0.3, 0.4) is 0 Å². The van der Waals surface area contributed by atoms with Gasteiger partial charge in [0.25, 0.3) is 0 Å². The third-order valence-corrected chi connectivity index (χ3v) is 7.32. The van der Waals surface area contributed by atoms with Crippen molar-refractivity contribution < 1.29 is 24.1 Å². The Balaban J connectivity index is 1.11. The lowest BCUT2D eigenvalue weighted by Crippen LogP contribution is -2.35. The van der Waals surface area contributed by atoms with E-state index in [9.17, 15) is 4.79 Å². The number of ether oxygens (including phenoxy) is 3. The van der Waals surface area contributed by atoms with Gasteiger partial charge in [0, 0.05) is 24.1 Å². The lowest BCUT2D eigenvalue weighted by molar-refractivity contribution is -0.137. The third kappa shape index (κ3) is 5.49. The monoisotopic (exact) mass is 465 g/mol. The molecular weight excluding hydrogens is 430 g/mol. The Hall–Kier alpha value is -2.73. The van der Waals surface area contributed by atoms with Gasteiger partial charge >= 0.3 is 5.97 Å². The minimum Gasteiger partial charge on any atom is -0.494 e. The van der Waals surface area contributed by atoms with Gasteiger partial charge in [-0.3, -0.25) is 9.69 Å². The fraction of sp³-hybridized carbons (Fsp3) is 0.536. The molecule has 182 valence electrons. The number of piperidine rings is 1. The van der Waals surface area contributed by atoms with Crippen LogP contribution in [-0.4, -0.2) is 48.9 Å². The molecule has 1 saturated carbocycles. The van der Waals surface area contributed by atoms with E-state index in [1.54, 1.807) is 0 Å². The maximum absolute atomic E-state index is 11.0. The summed E-state index contributed by atoms with van der Waals surface area (Å²) in [7, 11) is 0. The van der Waals surface area contributed by atoms with Crippen molar-refractivity contribution >= 4 is 5.97 Å². The largest absolute Gasteiger partial charge is 0.494 e. The van der Waals surface area contributed by atoms with Crippen LogP contribution in [0.5, 0.6) is 17.2 Å². The molecule has 0 spiro atoms. The maximum atomic E-state index is 11.0. The lowest BCUT2D eigenvalue weighted by atomic mass is 9.96. The Kier molecular flexibility index (Phi) is 6.95. The summed E-state index contributed by atoms with van der Waals surface area (Å²) >= 11 is 0. The highest BCUT2D eigenvalue weighted by molar-refractivity contribution is 5.68. The molecule has 0 radical (unpaired) electrons. The number of likely N-dealkylation sites (tertiary alicyclic amines) is 1. The topological polar surface area (TPSA) is 68.2 Å². The quantitative estimate of drug-likeness (QED) is 0.520. The van der Waals surface area contributed by atoms with E-state index in [0.29, 0.717) is 25.7 Å². The SMILES string of the molecule is CCOc1ccc(C2CC2)c(CN2CCC(COc3ccc4c(c3)OCC4CC(=O)O)CC2)c1. The number of carboxylic acid groups (broad SMARTS) is 1. The standard InChI is InChI=1S/C28H35NO5/c1-2-32-23-5-7-25(20-3-4-20)21(13-23)16-29-11-9-19(10-12-29)17-33-24-6-8-26-22(14-28(30)31)18-34-27(26)15-24/h5-8,13,15,19-20,22H,2-4,9-12,14,16-18H2,1H3,(H,30,31). The van der Waals surface area contributed by atoms with Crippen LogP contribution in [0, 0.1) is 5.92 Å². The van der Waals surface area contributed by atoms with Gasteiger partial charge < -0.3 is 19.3 Å². The molecule has 2 heterocycles. The van der Waals surface area contributed by atoms with Gasteiger partial charge in [-0.25, -0.2) is 0 Å². The molecule has 2 aliphatic heterocycles. The summed E-state index contributed by atoms with van der Waals surface area (Å²) in [6.45, 7) is 7.04. The Morgan fingerprint density at radius 3 is 2.47 bits per heavy atom. The van der Waals surface area contributed by atoms with Crippen molar-refractivity contribution in [1.29, 1.82) is 0 Å². The zero-order valence-corrected chi connectivity index (χ0v) is 20.0. The van der Waals surface area contributed by atoms with E-state index in [0.717, 1.165) is 61.2 Å². The van der Waals surface area contributed by atoms with Crippen molar-refractivity contribution in [1.82, 2.24) is 4.90 Å². The molecule has 5 rings (SSSR count). The van der Waals surface area contributed by atoms with Crippen LogP contribution in [0.4, 0.5) is 0 Å². The first-order valence-electron chi connectivity index (χ1n) is 12.7. The highest BCUT2D eigenvalue weighted by Gasteiger charge is 2.29. The second-order valence-corrected chi connectivity index (χ2v) is 9.90. The van der Waals surface area contributed by atoms with Crippen LogP contribution in [0.1, 0.15) is 67.6 Å². The molecule has 2 aromatic rings. The van der Waals surface area contributed by atoms with Gasteiger partial charge in [0.05, 0.1) is 26.2 Å². The summed E-state index contributed by atoms with van der Waals surface area (Å²) < 4.78 is 17.6. The van der Waals surface area contributed by atoms with Gasteiger partial charge in [0.2, 0.25) is 0 Å². The molecule has 2 aromatic carbocycles. The molecule has 1 saturated heterocycles. The van der Waals surface area contributed by atoms with Gasteiger partial charge in [0.15, 0.2) is 0 Å². The molecule has 3 aliphatic rings. The molecule has 6 heteroatoms. The predicted octanol–water partition coefficient (Wildman–Crippen LogP) is 5.20. The normalized spacial score (nSPS) is 20.6. The molecule has 1 N–H and O–H groups in total. The van der Waals surface area contributed by atoms with Gasteiger partial charge in [-0.05, 0) is 86.9 Å². The Morgan fingerprint density at radius 1 is 1.03 bits per heavy atom. The maximum Gasteiger partial charge on any atom is 0.304 e. The summed E-state index contributed by atoms with van der Waals surface area (Å²) in [5.41, 5.74) is 3.92. The van der Waals surface area contributed by atoms with Gasteiger partial charge in [-0.2, -0.15) is 0 Å².